The molecule has 0 fully saturated rings. The second-order valence-corrected chi connectivity index (χ2v) is 5.47. The number of pyridine rings is 1. The van der Waals surface area contributed by atoms with Gasteiger partial charge < -0.3 is 10.0 Å². The molecule has 1 aliphatic heterocycles. The Labute approximate surface area is 135 Å². The normalized spacial score (nSPS) is 13.5. The molecule has 0 aliphatic carbocycles. The summed E-state index contributed by atoms with van der Waals surface area (Å²) in [5.41, 5.74) is 4.89. The molecule has 0 spiro atoms. The monoisotopic (exact) mass is 312 g/mol. The van der Waals surface area contributed by atoms with Crippen molar-refractivity contribution in [3.8, 4) is 5.75 Å². The maximum atomic E-state index is 9.76. The summed E-state index contributed by atoms with van der Waals surface area (Å²) < 4.78 is 0. The summed E-state index contributed by atoms with van der Waals surface area (Å²) in [5.74, 6) is 0.286. The van der Waals surface area contributed by atoms with Crippen molar-refractivity contribution < 1.29 is 5.11 Å². The minimum atomic E-state index is 0. The molecule has 0 amide bonds. The van der Waals surface area contributed by atoms with E-state index in [1.165, 1.54) is 11.1 Å². The Hall–Kier alpha value is -2.26. The maximum Gasteiger partial charge on any atom is 0.116 e. The van der Waals surface area contributed by atoms with E-state index < -0.39 is 0 Å². The highest BCUT2D eigenvalue weighted by Crippen LogP contribution is 2.31. The van der Waals surface area contributed by atoms with Crippen molar-refractivity contribution in [2.75, 3.05) is 11.4 Å². The number of nitrogens with zero attached hydrogens (tertiary/aromatic N) is 2. The van der Waals surface area contributed by atoms with Crippen molar-refractivity contribution in [1.82, 2.24) is 4.98 Å². The van der Waals surface area contributed by atoms with Gasteiger partial charge in [-0.25, -0.2) is 0 Å². The third-order valence-corrected chi connectivity index (χ3v) is 4.17. The molecule has 0 atom stereocenters. The molecule has 2 heterocycles. The van der Waals surface area contributed by atoms with Crippen LogP contribution >= 0.6 is 12.4 Å². The summed E-state index contributed by atoms with van der Waals surface area (Å²) in [4.78, 5) is 6.75. The Morgan fingerprint density at radius 3 is 2.68 bits per heavy atom. The highest BCUT2D eigenvalue weighted by molar-refractivity contribution is 5.92. The molecule has 0 saturated carbocycles. The number of hydrogen-bond donors (Lipinski definition) is 1. The summed E-state index contributed by atoms with van der Waals surface area (Å²) in [6.07, 6.45) is 2.90. The van der Waals surface area contributed by atoms with Crippen molar-refractivity contribution in [2.24, 2.45) is 0 Å². The molecule has 3 nitrogen and oxygen atoms in total. The van der Waals surface area contributed by atoms with Crippen molar-refractivity contribution in [1.29, 1.82) is 0 Å². The Morgan fingerprint density at radius 1 is 1.00 bits per heavy atom. The van der Waals surface area contributed by atoms with Crippen LogP contribution in [0, 0.1) is 0 Å². The fourth-order valence-corrected chi connectivity index (χ4v) is 3.10. The van der Waals surface area contributed by atoms with Crippen molar-refractivity contribution in [3.63, 3.8) is 0 Å². The van der Waals surface area contributed by atoms with Gasteiger partial charge in [0.05, 0.1) is 5.52 Å². The number of benzene rings is 2. The molecule has 0 bridgehead atoms. The van der Waals surface area contributed by atoms with Crippen LogP contribution in [-0.4, -0.2) is 16.6 Å². The second kappa shape index (κ2) is 5.85. The summed E-state index contributed by atoms with van der Waals surface area (Å²) in [7, 11) is 0. The number of anilines is 1. The first kappa shape index (κ1) is 14.7. The van der Waals surface area contributed by atoms with E-state index in [0.29, 0.717) is 0 Å². The summed E-state index contributed by atoms with van der Waals surface area (Å²) in [6, 6.07) is 16.0. The topological polar surface area (TPSA) is 36.4 Å². The van der Waals surface area contributed by atoms with Gasteiger partial charge in [0.1, 0.15) is 5.75 Å². The van der Waals surface area contributed by atoms with Gasteiger partial charge in [-0.15, -0.1) is 12.4 Å². The van der Waals surface area contributed by atoms with Gasteiger partial charge in [0.2, 0.25) is 0 Å². The molecule has 2 aromatic carbocycles. The van der Waals surface area contributed by atoms with Gasteiger partial charge in [0, 0.05) is 30.4 Å². The van der Waals surface area contributed by atoms with Crippen LogP contribution in [0.5, 0.6) is 5.75 Å². The lowest BCUT2D eigenvalue weighted by molar-refractivity contribution is 0.476. The predicted molar refractivity (Wildman–Crippen MR) is 91.9 cm³/mol. The van der Waals surface area contributed by atoms with Gasteiger partial charge in [0.15, 0.2) is 0 Å². The van der Waals surface area contributed by atoms with Crippen molar-refractivity contribution in [3.05, 3.63) is 65.9 Å². The quantitative estimate of drug-likeness (QED) is 0.739. The van der Waals surface area contributed by atoms with Gasteiger partial charge in [-0.05, 0) is 41.8 Å². The van der Waals surface area contributed by atoms with Crippen LogP contribution in [-0.2, 0) is 13.0 Å². The predicted octanol–water partition coefficient (Wildman–Crippen LogP) is 3.92. The average molecular weight is 313 g/mol. The van der Waals surface area contributed by atoms with Crippen molar-refractivity contribution >= 4 is 29.0 Å². The lowest BCUT2D eigenvalue weighted by Crippen LogP contribution is -2.30. The smallest absolute Gasteiger partial charge is 0.116 e. The van der Waals surface area contributed by atoms with E-state index in [2.05, 4.69) is 34.1 Å². The second-order valence-electron chi connectivity index (χ2n) is 5.47. The number of hydrogen-bond acceptors (Lipinski definition) is 3. The largest absolute Gasteiger partial charge is 0.508 e. The van der Waals surface area contributed by atoms with Gasteiger partial charge in [-0.3, -0.25) is 4.98 Å². The molecule has 22 heavy (non-hydrogen) atoms. The van der Waals surface area contributed by atoms with Crippen LogP contribution < -0.4 is 4.90 Å². The van der Waals surface area contributed by atoms with E-state index in [9.17, 15) is 5.11 Å². The maximum absolute atomic E-state index is 9.76. The number of aromatic hydroxyl groups is 1. The highest BCUT2D eigenvalue weighted by atomic mass is 35.5. The highest BCUT2D eigenvalue weighted by Gasteiger charge is 2.18. The minimum absolute atomic E-state index is 0. The Kier molecular flexibility index (Phi) is 3.90. The lowest BCUT2D eigenvalue weighted by Gasteiger charge is -2.31. The van der Waals surface area contributed by atoms with Crippen LogP contribution in [0.25, 0.3) is 10.9 Å². The number of rotatable bonds is 1. The molecular formula is C18H17ClN2O. The molecule has 1 N–H and O–H groups in total. The molecule has 4 heteroatoms. The average Bonchev–Trinajstić information content (AvgIpc) is 2.54. The van der Waals surface area contributed by atoms with E-state index in [1.54, 1.807) is 12.1 Å². The van der Waals surface area contributed by atoms with Crippen LogP contribution in [0.3, 0.4) is 0 Å². The summed E-state index contributed by atoms with van der Waals surface area (Å²) >= 11 is 0. The zero-order chi connectivity index (χ0) is 14.2. The first-order valence-electron chi connectivity index (χ1n) is 7.21. The number of phenols is 1. The first-order valence-corrected chi connectivity index (χ1v) is 7.21. The zero-order valence-corrected chi connectivity index (χ0v) is 12.9. The van der Waals surface area contributed by atoms with E-state index in [4.69, 9.17) is 0 Å². The van der Waals surface area contributed by atoms with Crippen LogP contribution in [0.4, 0.5) is 5.69 Å². The van der Waals surface area contributed by atoms with Gasteiger partial charge >= 0.3 is 0 Å². The number of phenolic OH excluding ortho intramolecular Hbond substituents is 1. The van der Waals surface area contributed by atoms with E-state index in [1.807, 2.05) is 18.3 Å². The molecule has 3 aromatic rings. The Bertz CT molecular complexity index is 819. The zero-order valence-electron chi connectivity index (χ0n) is 12.1. The van der Waals surface area contributed by atoms with Gasteiger partial charge in [-0.1, -0.05) is 24.3 Å². The SMILES string of the molecule is Cl.Oc1ccc2nccc(N3CCc4ccccc4C3)c2c1. The Balaban J connectivity index is 0.00000144. The molecular weight excluding hydrogens is 296 g/mol. The molecule has 1 aromatic heterocycles. The van der Waals surface area contributed by atoms with E-state index in [-0.39, 0.29) is 18.2 Å². The fraction of sp³-hybridized carbons (Fsp3) is 0.167. The minimum Gasteiger partial charge on any atom is -0.508 e. The standard InChI is InChI=1S/C18H16N2O.ClH/c21-15-5-6-17-16(11-15)18(7-9-19-17)20-10-8-13-3-1-2-4-14(13)12-20;/h1-7,9,11,21H,8,10,12H2;1H. The molecule has 0 radical (unpaired) electrons. The third kappa shape index (κ3) is 2.48. The first-order chi connectivity index (χ1) is 10.3. The Morgan fingerprint density at radius 2 is 1.82 bits per heavy atom. The number of halogens is 1. The van der Waals surface area contributed by atoms with Crippen LogP contribution in [0.2, 0.25) is 0 Å². The van der Waals surface area contributed by atoms with E-state index in [0.717, 1.165) is 36.1 Å². The molecule has 1 aliphatic rings. The molecule has 0 unspecified atom stereocenters. The number of aromatic nitrogens is 1. The fourth-order valence-electron chi connectivity index (χ4n) is 3.10. The number of fused-ring (bicyclic) bond motifs is 2. The molecule has 112 valence electrons. The van der Waals surface area contributed by atoms with Crippen molar-refractivity contribution in [2.45, 2.75) is 13.0 Å². The van der Waals surface area contributed by atoms with E-state index >= 15 is 0 Å². The lowest BCUT2D eigenvalue weighted by atomic mass is 9.99. The van der Waals surface area contributed by atoms with Crippen LogP contribution in [0.15, 0.2) is 54.7 Å². The van der Waals surface area contributed by atoms with Gasteiger partial charge in [-0.2, -0.15) is 0 Å². The summed E-state index contributed by atoms with van der Waals surface area (Å²) in [6.45, 7) is 1.90. The third-order valence-electron chi connectivity index (χ3n) is 4.17. The molecule has 4 rings (SSSR count). The van der Waals surface area contributed by atoms with Crippen LogP contribution in [0.1, 0.15) is 11.1 Å². The summed E-state index contributed by atoms with van der Waals surface area (Å²) in [5, 5.41) is 10.8. The van der Waals surface area contributed by atoms with Gasteiger partial charge in [0.25, 0.3) is 0 Å². The molecule has 0 saturated heterocycles.